The van der Waals surface area contributed by atoms with Gasteiger partial charge >= 0.3 is 0 Å². The van der Waals surface area contributed by atoms with E-state index in [4.69, 9.17) is 18.3 Å². The van der Waals surface area contributed by atoms with Crippen LogP contribution in [0.25, 0.3) is 11.0 Å². The van der Waals surface area contributed by atoms with E-state index in [0.717, 1.165) is 25.3 Å². The van der Waals surface area contributed by atoms with Gasteiger partial charge in [0, 0.05) is 0 Å². The first-order chi connectivity index (χ1) is 17.5. The van der Waals surface area contributed by atoms with Gasteiger partial charge in [-0.25, -0.2) is 4.39 Å². The van der Waals surface area contributed by atoms with Crippen molar-refractivity contribution in [1.82, 2.24) is 4.90 Å². The lowest BCUT2D eigenvalue weighted by molar-refractivity contribution is 0.0701. The van der Waals surface area contributed by atoms with Crippen LogP contribution >= 0.6 is 0 Å². The summed E-state index contributed by atoms with van der Waals surface area (Å²) in [6.45, 7) is 2.79. The molecule has 1 aliphatic heterocycles. The molecule has 0 spiro atoms. The van der Waals surface area contributed by atoms with Crippen molar-refractivity contribution >= 4 is 16.9 Å². The minimum absolute atomic E-state index is 0.0606. The lowest BCUT2D eigenvalue weighted by Crippen LogP contribution is -2.29. The van der Waals surface area contributed by atoms with Crippen molar-refractivity contribution in [2.75, 3.05) is 13.7 Å². The van der Waals surface area contributed by atoms with Crippen molar-refractivity contribution < 1.29 is 27.5 Å². The molecular formula is C28H26FNO6. The third-order valence-electron chi connectivity index (χ3n) is 6.34. The number of halogens is 1. The highest BCUT2D eigenvalue weighted by Crippen LogP contribution is 2.41. The second-order valence-electron chi connectivity index (χ2n) is 8.70. The Kier molecular flexibility index (Phi) is 6.50. The second-order valence-corrected chi connectivity index (χ2v) is 8.70. The van der Waals surface area contributed by atoms with E-state index in [1.807, 2.05) is 0 Å². The highest BCUT2D eigenvalue weighted by molar-refractivity contribution is 5.99. The normalized spacial score (nSPS) is 14.9. The molecule has 7 nitrogen and oxygen atoms in total. The number of hydrogen-bond acceptors (Lipinski definition) is 6. The van der Waals surface area contributed by atoms with Gasteiger partial charge in [-0.3, -0.25) is 9.59 Å². The van der Waals surface area contributed by atoms with Crippen molar-refractivity contribution in [2.24, 2.45) is 0 Å². The molecule has 2 aromatic carbocycles. The second kappa shape index (κ2) is 9.89. The quantitative estimate of drug-likeness (QED) is 0.273. The van der Waals surface area contributed by atoms with Crippen LogP contribution in [0, 0.1) is 5.82 Å². The molecule has 2 aromatic heterocycles. The monoisotopic (exact) mass is 491 g/mol. The van der Waals surface area contributed by atoms with Gasteiger partial charge in [-0.1, -0.05) is 25.8 Å². The fourth-order valence-electron chi connectivity index (χ4n) is 4.58. The molecule has 0 saturated heterocycles. The predicted octanol–water partition coefficient (Wildman–Crippen LogP) is 5.85. The Balaban J connectivity index is 1.62. The van der Waals surface area contributed by atoms with Crippen LogP contribution in [-0.2, 0) is 6.54 Å². The van der Waals surface area contributed by atoms with Gasteiger partial charge in [0.25, 0.3) is 5.91 Å². The SMILES string of the molecule is CCCCCOc1ccc(C2c3c(oc4ccc(F)cc4c3=O)C(=O)N2Cc2ccco2)cc1OC. The van der Waals surface area contributed by atoms with E-state index in [0.29, 0.717) is 29.4 Å². The van der Waals surface area contributed by atoms with Gasteiger partial charge in [-0.15, -0.1) is 0 Å². The highest BCUT2D eigenvalue weighted by Gasteiger charge is 2.43. The van der Waals surface area contributed by atoms with E-state index >= 15 is 0 Å². The van der Waals surface area contributed by atoms with E-state index in [9.17, 15) is 14.0 Å². The fraction of sp³-hybridized carbons (Fsp3) is 0.286. The minimum Gasteiger partial charge on any atom is -0.493 e. The van der Waals surface area contributed by atoms with Crippen LogP contribution in [-0.4, -0.2) is 24.5 Å². The van der Waals surface area contributed by atoms with Gasteiger partial charge in [0.2, 0.25) is 5.76 Å². The first-order valence-corrected chi connectivity index (χ1v) is 11.9. The molecule has 0 N–H and O–H groups in total. The van der Waals surface area contributed by atoms with Crippen LogP contribution in [0.4, 0.5) is 4.39 Å². The molecule has 36 heavy (non-hydrogen) atoms. The molecule has 1 unspecified atom stereocenters. The third-order valence-corrected chi connectivity index (χ3v) is 6.34. The van der Waals surface area contributed by atoms with Crippen LogP contribution in [0.3, 0.4) is 0 Å². The summed E-state index contributed by atoms with van der Waals surface area (Å²) in [5.41, 5.74) is 0.489. The van der Waals surface area contributed by atoms with E-state index in [-0.39, 0.29) is 28.8 Å². The zero-order valence-corrected chi connectivity index (χ0v) is 20.1. The summed E-state index contributed by atoms with van der Waals surface area (Å²) in [6, 6.07) is 11.7. The summed E-state index contributed by atoms with van der Waals surface area (Å²) < 4.78 is 36.8. The summed E-state index contributed by atoms with van der Waals surface area (Å²) in [5, 5.41) is 0.0780. The van der Waals surface area contributed by atoms with Crippen LogP contribution in [0.2, 0.25) is 0 Å². The Hall–Kier alpha value is -4.07. The lowest BCUT2D eigenvalue weighted by Gasteiger charge is -2.25. The number of ether oxygens (including phenoxy) is 2. The molecule has 1 amide bonds. The van der Waals surface area contributed by atoms with Gasteiger partial charge in [0.1, 0.15) is 17.2 Å². The Morgan fingerprint density at radius 3 is 2.67 bits per heavy atom. The number of unbranched alkanes of at least 4 members (excludes halogenated alkanes) is 2. The van der Waals surface area contributed by atoms with Gasteiger partial charge in [0.05, 0.1) is 43.5 Å². The Bertz CT molecular complexity index is 1460. The summed E-state index contributed by atoms with van der Waals surface area (Å²) in [4.78, 5) is 28.6. The average Bonchev–Trinajstić information content (AvgIpc) is 3.49. The third kappa shape index (κ3) is 4.23. The first kappa shape index (κ1) is 23.7. The maximum absolute atomic E-state index is 14.0. The number of hydrogen-bond donors (Lipinski definition) is 0. The minimum atomic E-state index is -0.787. The zero-order valence-electron chi connectivity index (χ0n) is 20.1. The molecule has 1 atom stereocenters. The van der Waals surface area contributed by atoms with Crippen molar-refractivity contribution in [3.05, 3.63) is 93.5 Å². The molecule has 1 aliphatic rings. The molecule has 186 valence electrons. The van der Waals surface area contributed by atoms with Crippen molar-refractivity contribution in [2.45, 2.75) is 38.8 Å². The van der Waals surface area contributed by atoms with Gasteiger partial charge in [-0.05, 0) is 54.4 Å². The maximum atomic E-state index is 14.0. The molecule has 0 bridgehead atoms. The number of rotatable bonds is 9. The Morgan fingerprint density at radius 2 is 1.92 bits per heavy atom. The molecule has 5 rings (SSSR count). The lowest BCUT2D eigenvalue weighted by atomic mass is 9.98. The number of carbonyl (C=O) groups excluding carboxylic acids is 1. The molecule has 3 heterocycles. The van der Waals surface area contributed by atoms with Crippen LogP contribution in [0.1, 0.15) is 59.7 Å². The van der Waals surface area contributed by atoms with E-state index in [2.05, 4.69) is 6.92 Å². The number of benzene rings is 2. The number of fused-ring (bicyclic) bond motifs is 2. The largest absolute Gasteiger partial charge is 0.493 e. The molecule has 8 heteroatoms. The number of carbonyl (C=O) groups is 1. The van der Waals surface area contributed by atoms with Crippen molar-refractivity contribution in [1.29, 1.82) is 0 Å². The smallest absolute Gasteiger partial charge is 0.291 e. The van der Waals surface area contributed by atoms with Crippen LogP contribution < -0.4 is 14.9 Å². The van der Waals surface area contributed by atoms with Gasteiger partial charge in [-0.2, -0.15) is 0 Å². The standard InChI is InChI=1S/C28H26FNO6/c1-3-4-5-12-35-22-10-8-17(14-23(22)33-2)25-24-26(31)20-15-18(29)9-11-21(20)36-27(24)28(32)30(25)16-19-7-6-13-34-19/h6-11,13-15,25H,3-5,12,16H2,1-2H3. The Morgan fingerprint density at radius 1 is 1.06 bits per heavy atom. The fourth-order valence-corrected chi connectivity index (χ4v) is 4.58. The number of nitrogens with zero attached hydrogens (tertiary/aromatic N) is 1. The first-order valence-electron chi connectivity index (χ1n) is 11.9. The van der Waals surface area contributed by atoms with Crippen molar-refractivity contribution in [3.8, 4) is 11.5 Å². The Labute approximate surface area is 207 Å². The maximum Gasteiger partial charge on any atom is 0.291 e. The van der Waals surface area contributed by atoms with Gasteiger partial charge in [0.15, 0.2) is 16.9 Å². The summed E-state index contributed by atoms with van der Waals surface area (Å²) in [5.74, 6) is 0.538. The number of methoxy groups -OCH3 is 1. The van der Waals surface area contributed by atoms with Crippen LogP contribution in [0.15, 0.2) is 68.4 Å². The summed E-state index contributed by atoms with van der Waals surface area (Å²) in [7, 11) is 1.54. The number of furan rings is 1. The average molecular weight is 492 g/mol. The molecule has 0 aliphatic carbocycles. The number of amides is 1. The van der Waals surface area contributed by atoms with E-state index in [1.165, 1.54) is 30.4 Å². The summed E-state index contributed by atoms with van der Waals surface area (Å²) >= 11 is 0. The van der Waals surface area contributed by atoms with Crippen LogP contribution in [0.5, 0.6) is 11.5 Å². The zero-order chi connectivity index (χ0) is 25.2. The van der Waals surface area contributed by atoms with Gasteiger partial charge < -0.3 is 23.2 Å². The molecule has 0 saturated carbocycles. The van der Waals surface area contributed by atoms with Crippen molar-refractivity contribution in [3.63, 3.8) is 0 Å². The predicted molar refractivity (Wildman–Crippen MR) is 131 cm³/mol. The topological polar surface area (TPSA) is 82.1 Å². The molecular weight excluding hydrogens is 465 g/mol. The molecule has 0 radical (unpaired) electrons. The van der Waals surface area contributed by atoms with E-state index in [1.54, 1.807) is 30.3 Å². The molecule has 0 fully saturated rings. The highest BCUT2D eigenvalue weighted by atomic mass is 19.1. The molecule has 4 aromatic rings. The summed E-state index contributed by atoms with van der Waals surface area (Å²) in [6.07, 6.45) is 4.59. The van der Waals surface area contributed by atoms with E-state index < -0.39 is 23.2 Å².